The average Bonchev–Trinajstić information content (AvgIpc) is 2.55. The molecule has 0 fully saturated rings. The molecular weight excluding hydrogens is 296 g/mol. The van der Waals surface area contributed by atoms with Crippen molar-refractivity contribution in [1.29, 1.82) is 0 Å². The van der Waals surface area contributed by atoms with Crippen molar-refractivity contribution in [3.05, 3.63) is 47.2 Å². The predicted octanol–water partition coefficient (Wildman–Crippen LogP) is 2.45. The number of benzene rings is 1. The second kappa shape index (κ2) is 9.90. The summed E-state index contributed by atoms with van der Waals surface area (Å²) in [6.07, 6.45) is 3.76. The molecule has 0 heterocycles. The van der Waals surface area contributed by atoms with Gasteiger partial charge in [-0.05, 0) is 31.6 Å². The van der Waals surface area contributed by atoms with Gasteiger partial charge in [-0.2, -0.15) is 4.79 Å². The van der Waals surface area contributed by atoms with Crippen LogP contribution in [0.3, 0.4) is 0 Å². The largest absolute Gasteiger partial charge is 0.496 e. The van der Waals surface area contributed by atoms with E-state index in [0.29, 0.717) is 6.42 Å². The molecule has 0 aromatic heterocycles. The number of esters is 1. The van der Waals surface area contributed by atoms with Crippen LogP contribution in [0.1, 0.15) is 25.3 Å². The highest BCUT2D eigenvalue weighted by Gasteiger charge is 2.29. The summed E-state index contributed by atoms with van der Waals surface area (Å²) in [6.45, 7) is 1.70. The van der Waals surface area contributed by atoms with Gasteiger partial charge in [0.15, 0.2) is 0 Å². The number of allylic oxidation sites excluding steroid dienone is 1. The van der Waals surface area contributed by atoms with Gasteiger partial charge in [0, 0.05) is 12.0 Å². The van der Waals surface area contributed by atoms with Crippen molar-refractivity contribution < 1.29 is 23.9 Å². The van der Waals surface area contributed by atoms with Crippen molar-refractivity contribution >= 4 is 23.5 Å². The number of ketones is 1. The first-order valence-electron chi connectivity index (χ1n) is 7.10. The van der Waals surface area contributed by atoms with Crippen LogP contribution in [0.15, 0.2) is 36.1 Å². The molecule has 1 aromatic carbocycles. The molecule has 0 amide bonds. The van der Waals surface area contributed by atoms with Gasteiger partial charge in [-0.1, -0.05) is 18.2 Å². The second-order valence-electron chi connectivity index (χ2n) is 4.39. The molecular formula is C17H18N2O4. The molecule has 0 spiro atoms. The maximum absolute atomic E-state index is 11.8. The Morgan fingerprint density at radius 1 is 1.35 bits per heavy atom. The molecule has 0 bridgehead atoms. The molecule has 0 N–H and O–H groups in total. The maximum Gasteiger partial charge on any atom is 0.441 e. The summed E-state index contributed by atoms with van der Waals surface area (Å²) in [5.74, 6) is -0.781. The smallest absolute Gasteiger partial charge is 0.441 e. The summed E-state index contributed by atoms with van der Waals surface area (Å²) >= 11 is 0. The van der Waals surface area contributed by atoms with E-state index in [4.69, 9.17) is 10.3 Å². The molecule has 0 unspecified atom stereocenters. The fourth-order valence-electron chi connectivity index (χ4n) is 1.75. The third-order valence-electron chi connectivity index (χ3n) is 2.84. The molecule has 0 aliphatic rings. The molecule has 0 atom stereocenters. The van der Waals surface area contributed by atoms with Crippen molar-refractivity contribution in [1.82, 2.24) is 0 Å². The summed E-state index contributed by atoms with van der Waals surface area (Å²) in [4.78, 5) is 25.8. The van der Waals surface area contributed by atoms with Crippen molar-refractivity contribution in [2.24, 2.45) is 0 Å². The van der Waals surface area contributed by atoms with E-state index in [-0.39, 0.29) is 13.0 Å². The number of hydrogen-bond donors (Lipinski definition) is 0. The lowest BCUT2D eigenvalue weighted by molar-refractivity contribution is -0.141. The molecule has 1 rings (SSSR count). The normalized spacial score (nSPS) is 9.13. The number of Topliss-reactive ketones (excluding diaryl/α,β-unsaturated/α-hetero) is 1. The minimum absolute atomic E-state index is 0.0188. The predicted molar refractivity (Wildman–Crippen MR) is 85.0 cm³/mol. The third kappa shape index (κ3) is 5.75. The summed E-state index contributed by atoms with van der Waals surface area (Å²) in [5.41, 5.74) is 11.9. The first-order chi connectivity index (χ1) is 11.1. The van der Waals surface area contributed by atoms with Crippen LogP contribution in [0.2, 0.25) is 0 Å². The number of carbonyl (C=O) groups is 2. The van der Waals surface area contributed by atoms with E-state index in [9.17, 15) is 9.59 Å². The lowest BCUT2D eigenvalue weighted by Gasteiger charge is -2.01. The van der Waals surface area contributed by atoms with Crippen LogP contribution in [-0.2, 0) is 14.3 Å². The van der Waals surface area contributed by atoms with E-state index in [1.54, 1.807) is 26.2 Å². The summed E-state index contributed by atoms with van der Waals surface area (Å²) < 4.78 is 9.83. The van der Waals surface area contributed by atoms with Crippen LogP contribution >= 0.6 is 0 Å². The van der Waals surface area contributed by atoms with E-state index in [1.165, 1.54) is 0 Å². The average molecular weight is 314 g/mol. The van der Waals surface area contributed by atoms with Gasteiger partial charge in [-0.25, -0.2) is 4.79 Å². The van der Waals surface area contributed by atoms with Crippen LogP contribution in [0.5, 0.6) is 5.75 Å². The number of hydrogen-bond acceptors (Lipinski definition) is 4. The summed E-state index contributed by atoms with van der Waals surface area (Å²) in [5, 5.41) is 0. The number of nitrogens with zero attached hydrogens (tertiary/aromatic N) is 2. The SMILES string of the molecule is CCOC(=O)C(=[N+]=[N-])C(=O)CCC=C=Cc1ccccc1OC. The fraction of sp³-hybridized carbons (Fsp3) is 0.294. The van der Waals surface area contributed by atoms with Gasteiger partial charge in [-0.15, -0.1) is 5.73 Å². The maximum atomic E-state index is 11.8. The second-order valence-corrected chi connectivity index (χ2v) is 4.39. The van der Waals surface area contributed by atoms with Gasteiger partial charge in [0.2, 0.25) is 0 Å². The molecule has 6 nitrogen and oxygen atoms in total. The Bertz CT molecular complexity index is 682. The highest BCUT2D eigenvalue weighted by atomic mass is 16.5. The standard InChI is InChI=1S/C17H18N2O4/c1-3-23-17(21)16(19-18)14(20)11-6-4-5-9-13-10-7-8-12-15(13)22-2/h4,7-10,12H,3,6,11H2,1-2H3. The minimum atomic E-state index is -0.923. The van der Waals surface area contributed by atoms with Crippen molar-refractivity contribution in [2.75, 3.05) is 13.7 Å². The first kappa shape index (κ1) is 18.1. The van der Waals surface area contributed by atoms with Crippen LogP contribution in [-0.4, -0.2) is 36.0 Å². The molecule has 23 heavy (non-hydrogen) atoms. The van der Waals surface area contributed by atoms with Crippen LogP contribution in [0.25, 0.3) is 11.6 Å². The highest BCUT2D eigenvalue weighted by Crippen LogP contribution is 2.18. The van der Waals surface area contributed by atoms with Crippen molar-refractivity contribution in [2.45, 2.75) is 19.8 Å². The van der Waals surface area contributed by atoms with Crippen LogP contribution in [0.4, 0.5) is 0 Å². The first-order valence-corrected chi connectivity index (χ1v) is 7.10. The molecule has 0 saturated heterocycles. The van der Waals surface area contributed by atoms with Gasteiger partial charge in [0.25, 0.3) is 5.78 Å². The monoisotopic (exact) mass is 314 g/mol. The Morgan fingerprint density at radius 2 is 2.09 bits per heavy atom. The van der Waals surface area contributed by atoms with E-state index in [2.05, 4.69) is 15.3 Å². The van der Waals surface area contributed by atoms with E-state index in [1.807, 2.05) is 24.3 Å². The van der Waals surface area contributed by atoms with Crippen molar-refractivity contribution in [3.8, 4) is 5.75 Å². The highest BCUT2D eigenvalue weighted by molar-refractivity contribution is 6.62. The molecule has 120 valence electrons. The quantitative estimate of drug-likeness (QED) is 0.184. The number of para-hydroxylation sites is 1. The molecule has 0 saturated carbocycles. The number of rotatable bonds is 8. The minimum Gasteiger partial charge on any atom is -0.496 e. The Kier molecular flexibility index (Phi) is 7.79. The zero-order valence-corrected chi connectivity index (χ0v) is 13.1. The number of carbonyl (C=O) groups excluding carboxylic acids is 2. The lowest BCUT2D eigenvalue weighted by Crippen LogP contribution is -2.27. The zero-order valence-electron chi connectivity index (χ0n) is 13.1. The van der Waals surface area contributed by atoms with Gasteiger partial charge in [0.1, 0.15) is 5.75 Å². The zero-order chi connectivity index (χ0) is 17.1. The van der Waals surface area contributed by atoms with E-state index >= 15 is 0 Å². The molecule has 0 aliphatic heterocycles. The fourth-order valence-corrected chi connectivity index (χ4v) is 1.75. The van der Waals surface area contributed by atoms with Gasteiger partial charge in [0.05, 0.1) is 13.7 Å². The number of methoxy groups -OCH3 is 1. The van der Waals surface area contributed by atoms with E-state index in [0.717, 1.165) is 11.3 Å². The van der Waals surface area contributed by atoms with Crippen LogP contribution < -0.4 is 4.74 Å². The Hall–Kier alpha value is -2.94. The molecule has 0 radical (unpaired) electrons. The van der Waals surface area contributed by atoms with Crippen LogP contribution in [0, 0.1) is 0 Å². The number of ether oxygens (including phenoxy) is 2. The Morgan fingerprint density at radius 3 is 2.74 bits per heavy atom. The third-order valence-corrected chi connectivity index (χ3v) is 2.84. The Balaban J connectivity index is 2.62. The van der Waals surface area contributed by atoms with Gasteiger partial charge in [-0.3, -0.25) is 4.79 Å². The molecule has 0 aliphatic carbocycles. The summed E-state index contributed by atoms with van der Waals surface area (Å²) in [7, 11) is 1.58. The Labute approximate surface area is 134 Å². The van der Waals surface area contributed by atoms with Gasteiger partial charge >= 0.3 is 11.7 Å². The molecule has 1 aromatic rings. The van der Waals surface area contributed by atoms with Gasteiger partial charge < -0.3 is 15.0 Å². The lowest BCUT2D eigenvalue weighted by atomic mass is 10.1. The molecule has 6 heteroatoms. The van der Waals surface area contributed by atoms with E-state index < -0.39 is 17.5 Å². The summed E-state index contributed by atoms with van der Waals surface area (Å²) in [6, 6.07) is 7.45. The topological polar surface area (TPSA) is 89.0 Å². The van der Waals surface area contributed by atoms with Crippen molar-refractivity contribution in [3.63, 3.8) is 0 Å².